The zero-order chi connectivity index (χ0) is 15.2. The molecule has 0 aromatic heterocycles. The van der Waals surface area contributed by atoms with Crippen molar-refractivity contribution in [3.63, 3.8) is 0 Å². The molecule has 1 heteroatoms. The largest absolute Gasteiger partial charge is 0.310 e. The molecule has 0 saturated carbocycles. The lowest BCUT2D eigenvalue weighted by Gasteiger charge is -2.13. The molecule has 0 bridgehead atoms. The van der Waals surface area contributed by atoms with Gasteiger partial charge in [-0.25, -0.2) is 0 Å². The maximum atomic E-state index is 3.45. The molecule has 2 aromatic carbocycles. The summed E-state index contributed by atoms with van der Waals surface area (Å²) in [5.41, 5.74) is 5.38. The highest BCUT2D eigenvalue weighted by Gasteiger charge is 2.05. The summed E-state index contributed by atoms with van der Waals surface area (Å²) < 4.78 is 0. The molecular formula is C20H27N. The fourth-order valence-electron chi connectivity index (χ4n) is 2.74. The van der Waals surface area contributed by atoms with Crippen LogP contribution in [-0.2, 0) is 6.42 Å². The highest BCUT2D eigenvalue weighted by Crippen LogP contribution is 2.23. The summed E-state index contributed by atoms with van der Waals surface area (Å²) in [5.74, 6) is 0.698. The Kier molecular flexibility index (Phi) is 5.58. The van der Waals surface area contributed by atoms with Gasteiger partial charge in [0.15, 0.2) is 0 Å². The third kappa shape index (κ3) is 4.44. The van der Waals surface area contributed by atoms with Crippen LogP contribution in [0.15, 0.2) is 48.5 Å². The maximum Gasteiger partial charge on any atom is 0.0291 e. The molecule has 1 unspecified atom stereocenters. The third-order valence-corrected chi connectivity index (χ3v) is 3.83. The molecule has 21 heavy (non-hydrogen) atoms. The molecule has 0 heterocycles. The van der Waals surface area contributed by atoms with E-state index in [4.69, 9.17) is 0 Å². The first-order chi connectivity index (χ1) is 10.1. The van der Waals surface area contributed by atoms with Crippen LogP contribution >= 0.6 is 0 Å². The second-order valence-corrected chi connectivity index (χ2v) is 6.20. The van der Waals surface area contributed by atoms with E-state index in [1.54, 1.807) is 0 Å². The van der Waals surface area contributed by atoms with Crippen molar-refractivity contribution in [2.45, 2.75) is 40.2 Å². The average molecular weight is 281 g/mol. The normalized spacial score (nSPS) is 12.6. The number of hydrogen-bond acceptors (Lipinski definition) is 1. The van der Waals surface area contributed by atoms with Crippen molar-refractivity contribution in [1.82, 2.24) is 5.32 Å². The molecule has 0 saturated heterocycles. The van der Waals surface area contributed by atoms with Crippen LogP contribution in [0.25, 0.3) is 11.1 Å². The van der Waals surface area contributed by atoms with Crippen LogP contribution in [0, 0.1) is 5.92 Å². The van der Waals surface area contributed by atoms with Crippen LogP contribution in [0.1, 0.15) is 44.9 Å². The lowest BCUT2D eigenvalue weighted by molar-refractivity contribution is 0.598. The molecule has 0 amide bonds. The van der Waals surface area contributed by atoms with Crippen molar-refractivity contribution < 1.29 is 0 Å². The molecule has 0 aliphatic rings. The number of nitrogens with one attached hydrogen (secondary N) is 1. The van der Waals surface area contributed by atoms with E-state index in [0.29, 0.717) is 12.0 Å². The van der Waals surface area contributed by atoms with Gasteiger partial charge in [-0.2, -0.15) is 0 Å². The van der Waals surface area contributed by atoms with E-state index in [-0.39, 0.29) is 0 Å². The van der Waals surface area contributed by atoms with Crippen LogP contribution in [0.2, 0.25) is 0 Å². The van der Waals surface area contributed by atoms with E-state index in [1.807, 2.05) is 0 Å². The molecule has 1 nitrogen and oxygen atoms in total. The van der Waals surface area contributed by atoms with Gasteiger partial charge in [0.25, 0.3) is 0 Å². The lowest BCUT2D eigenvalue weighted by Crippen LogP contribution is -2.17. The molecule has 1 atom stereocenters. The number of benzene rings is 2. The van der Waals surface area contributed by atoms with E-state index in [9.17, 15) is 0 Å². The standard InChI is InChI=1S/C20H27N/c1-5-21-16(4)18-9-11-19(12-10-18)20-8-6-7-17(14-20)13-15(2)3/h6-12,14-16,21H,5,13H2,1-4H3. The molecule has 1 N–H and O–H groups in total. The SMILES string of the molecule is CCNC(C)c1ccc(-c2cccc(CC(C)C)c2)cc1. The Morgan fingerprint density at radius 1 is 0.905 bits per heavy atom. The molecule has 112 valence electrons. The predicted molar refractivity (Wildman–Crippen MR) is 92.5 cm³/mol. The minimum absolute atomic E-state index is 0.413. The van der Waals surface area contributed by atoms with Crippen molar-refractivity contribution in [2.75, 3.05) is 6.54 Å². The Balaban J connectivity index is 2.18. The van der Waals surface area contributed by atoms with Crippen molar-refractivity contribution in [1.29, 1.82) is 0 Å². The monoisotopic (exact) mass is 281 g/mol. The first-order valence-corrected chi connectivity index (χ1v) is 8.02. The molecule has 0 aliphatic carbocycles. The van der Waals surface area contributed by atoms with Gasteiger partial charge in [-0.3, -0.25) is 0 Å². The zero-order valence-corrected chi connectivity index (χ0v) is 13.7. The second-order valence-electron chi connectivity index (χ2n) is 6.20. The summed E-state index contributed by atoms with van der Waals surface area (Å²) in [6.07, 6.45) is 1.14. The Hall–Kier alpha value is -1.60. The summed E-state index contributed by atoms with van der Waals surface area (Å²) in [6, 6.07) is 18.3. The lowest BCUT2D eigenvalue weighted by atomic mass is 9.97. The summed E-state index contributed by atoms with van der Waals surface area (Å²) >= 11 is 0. The maximum absolute atomic E-state index is 3.45. The zero-order valence-electron chi connectivity index (χ0n) is 13.7. The van der Waals surface area contributed by atoms with E-state index in [0.717, 1.165) is 13.0 Å². The summed E-state index contributed by atoms with van der Waals surface area (Å²) in [7, 11) is 0. The van der Waals surface area contributed by atoms with Gasteiger partial charge in [0.05, 0.1) is 0 Å². The summed E-state index contributed by atoms with van der Waals surface area (Å²) in [5, 5.41) is 3.45. The fraction of sp³-hybridized carbons (Fsp3) is 0.400. The van der Waals surface area contributed by atoms with Gasteiger partial charge >= 0.3 is 0 Å². The summed E-state index contributed by atoms with van der Waals surface area (Å²) in [6.45, 7) is 9.89. The van der Waals surface area contributed by atoms with Gasteiger partial charge in [-0.05, 0) is 48.1 Å². The molecular weight excluding hydrogens is 254 g/mol. The quantitative estimate of drug-likeness (QED) is 0.765. The van der Waals surface area contributed by atoms with Crippen molar-refractivity contribution in [3.05, 3.63) is 59.7 Å². The summed E-state index contributed by atoms with van der Waals surface area (Å²) in [4.78, 5) is 0. The minimum atomic E-state index is 0.413. The van der Waals surface area contributed by atoms with Crippen LogP contribution in [0.5, 0.6) is 0 Å². The van der Waals surface area contributed by atoms with Crippen LogP contribution in [-0.4, -0.2) is 6.54 Å². The first kappa shape index (κ1) is 15.8. The van der Waals surface area contributed by atoms with Gasteiger partial charge < -0.3 is 5.32 Å². The van der Waals surface area contributed by atoms with Crippen LogP contribution in [0.4, 0.5) is 0 Å². The Morgan fingerprint density at radius 3 is 2.24 bits per heavy atom. The molecule has 0 aliphatic heterocycles. The third-order valence-electron chi connectivity index (χ3n) is 3.83. The van der Waals surface area contributed by atoms with Crippen molar-refractivity contribution in [3.8, 4) is 11.1 Å². The first-order valence-electron chi connectivity index (χ1n) is 8.02. The Morgan fingerprint density at radius 2 is 1.62 bits per heavy atom. The van der Waals surface area contributed by atoms with Gasteiger partial charge in [-0.15, -0.1) is 0 Å². The second kappa shape index (κ2) is 7.42. The number of hydrogen-bond donors (Lipinski definition) is 1. The van der Waals surface area contributed by atoms with Crippen LogP contribution < -0.4 is 5.32 Å². The molecule has 2 aromatic rings. The Labute approximate surface area is 129 Å². The van der Waals surface area contributed by atoms with Crippen molar-refractivity contribution in [2.24, 2.45) is 5.92 Å². The van der Waals surface area contributed by atoms with E-state index in [2.05, 4.69) is 81.5 Å². The topological polar surface area (TPSA) is 12.0 Å². The molecule has 0 spiro atoms. The fourth-order valence-corrected chi connectivity index (χ4v) is 2.74. The van der Waals surface area contributed by atoms with Crippen molar-refractivity contribution >= 4 is 0 Å². The van der Waals surface area contributed by atoms with Gasteiger partial charge in [0, 0.05) is 6.04 Å². The van der Waals surface area contributed by atoms with Gasteiger partial charge in [-0.1, -0.05) is 69.3 Å². The van der Waals surface area contributed by atoms with Gasteiger partial charge in [0.1, 0.15) is 0 Å². The Bertz CT molecular complexity index is 554. The van der Waals surface area contributed by atoms with Gasteiger partial charge in [0.2, 0.25) is 0 Å². The van der Waals surface area contributed by atoms with E-state index < -0.39 is 0 Å². The minimum Gasteiger partial charge on any atom is -0.310 e. The van der Waals surface area contributed by atoms with Crippen LogP contribution in [0.3, 0.4) is 0 Å². The smallest absolute Gasteiger partial charge is 0.0291 e. The highest BCUT2D eigenvalue weighted by atomic mass is 14.9. The molecule has 0 fully saturated rings. The predicted octanol–water partition coefficient (Wildman–Crippen LogP) is 5.22. The number of rotatable bonds is 6. The van der Waals surface area contributed by atoms with E-state index >= 15 is 0 Å². The average Bonchev–Trinajstić information content (AvgIpc) is 2.47. The molecule has 0 radical (unpaired) electrons. The molecule has 2 rings (SSSR count). The van der Waals surface area contributed by atoms with E-state index in [1.165, 1.54) is 22.3 Å². The highest BCUT2D eigenvalue weighted by molar-refractivity contribution is 5.64.